The Bertz CT molecular complexity index is 568. The predicted molar refractivity (Wildman–Crippen MR) is 57.0 cm³/mol. The van der Waals surface area contributed by atoms with E-state index in [1.165, 1.54) is 13.2 Å². The summed E-state index contributed by atoms with van der Waals surface area (Å²) < 4.78 is 6.76. The van der Waals surface area contributed by atoms with Crippen LogP contribution in [-0.2, 0) is 0 Å². The van der Waals surface area contributed by atoms with Crippen molar-refractivity contribution in [1.29, 1.82) is 0 Å². The van der Waals surface area contributed by atoms with Gasteiger partial charge >= 0.3 is 29.6 Å². The van der Waals surface area contributed by atoms with Crippen LogP contribution in [0.5, 0.6) is 5.88 Å². The number of nitrogens with zero attached hydrogens (tertiary/aromatic N) is 3. The SMILES string of the molecule is COc1nc(C(=O)[O-])ccc1-n1cnc(C)c1.[Na+]. The van der Waals surface area contributed by atoms with Crippen molar-refractivity contribution in [3.63, 3.8) is 0 Å². The minimum Gasteiger partial charge on any atom is -0.543 e. The van der Waals surface area contributed by atoms with Crippen LogP contribution in [0.15, 0.2) is 24.7 Å². The van der Waals surface area contributed by atoms with E-state index >= 15 is 0 Å². The fraction of sp³-hybridized carbons (Fsp3) is 0.182. The fourth-order valence-electron chi connectivity index (χ4n) is 1.45. The third-order valence-electron chi connectivity index (χ3n) is 2.23. The average molecular weight is 255 g/mol. The standard InChI is InChI=1S/C11H11N3O3.Na/c1-7-5-14(6-12-7)9-4-3-8(11(15)16)13-10(9)17-2;/h3-6H,1-2H3,(H,15,16);/q;+1/p-1. The topological polar surface area (TPSA) is 80.1 Å². The molecule has 7 heteroatoms. The van der Waals surface area contributed by atoms with Crippen LogP contribution < -0.4 is 39.4 Å². The smallest absolute Gasteiger partial charge is 0.543 e. The van der Waals surface area contributed by atoms with Gasteiger partial charge in [-0.15, -0.1) is 0 Å². The second-order valence-corrected chi connectivity index (χ2v) is 3.43. The largest absolute Gasteiger partial charge is 1.00 e. The second-order valence-electron chi connectivity index (χ2n) is 3.43. The molecule has 0 atom stereocenters. The molecule has 2 aromatic heterocycles. The van der Waals surface area contributed by atoms with Gasteiger partial charge in [-0.3, -0.25) is 0 Å². The Hall–Kier alpha value is -1.37. The molecule has 0 saturated heterocycles. The Morgan fingerprint density at radius 2 is 2.17 bits per heavy atom. The molecule has 0 spiro atoms. The van der Waals surface area contributed by atoms with Crippen LogP contribution in [0.4, 0.5) is 0 Å². The van der Waals surface area contributed by atoms with Gasteiger partial charge in [0.2, 0.25) is 5.88 Å². The molecule has 6 nitrogen and oxygen atoms in total. The van der Waals surface area contributed by atoms with Gasteiger partial charge in [0, 0.05) is 6.20 Å². The zero-order valence-corrected chi connectivity index (χ0v) is 12.4. The third-order valence-corrected chi connectivity index (χ3v) is 2.23. The van der Waals surface area contributed by atoms with Crippen molar-refractivity contribution in [2.45, 2.75) is 6.92 Å². The number of aromatic carboxylic acids is 1. The number of rotatable bonds is 3. The maximum atomic E-state index is 10.7. The van der Waals surface area contributed by atoms with Crippen LogP contribution in [-0.4, -0.2) is 27.6 Å². The van der Waals surface area contributed by atoms with Crippen LogP contribution in [0.3, 0.4) is 0 Å². The molecule has 0 fully saturated rings. The molecule has 0 saturated carbocycles. The van der Waals surface area contributed by atoms with Crippen LogP contribution in [0, 0.1) is 6.92 Å². The van der Waals surface area contributed by atoms with Gasteiger partial charge in [-0.2, -0.15) is 0 Å². The van der Waals surface area contributed by atoms with Crippen molar-refractivity contribution in [2.24, 2.45) is 0 Å². The molecule has 0 amide bonds. The molecule has 0 aromatic carbocycles. The Balaban J connectivity index is 0.00000162. The molecule has 0 aliphatic heterocycles. The molecule has 0 unspecified atom stereocenters. The first-order chi connectivity index (χ1) is 8.11. The minimum absolute atomic E-state index is 0. The number of carboxylic acid groups (broad SMARTS) is 1. The number of aromatic nitrogens is 3. The first kappa shape index (κ1) is 14.7. The molecule has 0 aliphatic carbocycles. The molecule has 0 bridgehead atoms. The molecule has 2 rings (SSSR count). The molecular weight excluding hydrogens is 245 g/mol. The first-order valence-corrected chi connectivity index (χ1v) is 4.89. The maximum Gasteiger partial charge on any atom is 1.00 e. The monoisotopic (exact) mass is 255 g/mol. The zero-order valence-electron chi connectivity index (χ0n) is 10.4. The van der Waals surface area contributed by atoms with Gasteiger partial charge < -0.3 is 19.2 Å². The summed E-state index contributed by atoms with van der Waals surface area (Å²) in [5.74, 6) is -1.12. The van der Waals surface area contributed by atoms with Gasteiger partial charge in [0.05, 0.1) is 30.8 Å². The van der Waals surface area contributed by atoms with E-state index in [9.17, 15) is 9.90 Å². The summed E-state index contributed by atoms with van der Waals surface area (Å²) in [6.07, 6.45) is 3.39. The van der Waals surface area contributed by atoms with E-state index in [0.717, 1.165) is 5.69 Å². The number of carboxylic acids is 1. The Morgan fingerprint density at radius 1 is 1.44 bits per heavy atom. The minimum atomic E-state index is -1.34. The summed E-state index contributed by atoms with van der Waals surface area (Å²) >= 11 is 0. The molecule has 18 heavy (non-hydrogen) atoms. The fourth-order valence-corrected chi connectivity index (χ4v) is 1.45. The van der Waals surface area contributed by atoms with Gasteiger partial charge in [-0.05, 0) is 19.1 Å². The van der Waals surface area contributed by atoms with E-state index in [0.29, 0.717) is 5.69 Å². The molecular formula is C11H10N3NaO3. The van der Waals surface area contributed by atoms with Gasteiger partial charge in [-0.1, -0.05) is 0 Å². The molecule has 0 radical (unpaired) electrons. The van der Waals surface area contributed by atoms with Gasteiger partial charge in [0.1, 0.15) is 5.69 Å². The van der Waals surface area contributed by atoms with Crippen molar-refractivity contribution in [1.82, 2.24) is 14.5 Å². The van der Waals surface area contributed by atoms with Crippen molar-refractivity contribution in [2.75, 3.05) is 7.11 Å². The van der Waals surface area contributed by atoms with E-state index in [4.69, 9.17) is 4.74 Å². The van der Waals surface area contributed by atoms with E-state index in [1.54, 1.807) is 23.2 Å². The van der Waals surface area contributed by atoms with Crippen molar-refractivity contribution >= 4 is 5.97 Å². The summed E-state index contributed by atoms with van der Waals surface area (Å²) in [5.41, 5.74) is 1.30. The molecule has 0 N–H and O–H groups in total. The molecule has 88 valence electrons. The summed E-state index contributed by atoms with van der Waals surface area (Å²) in [4.78, 5) is 18.6. The number of imidazole rings is 1. The van der Waals surface area contributed by atoms with Gasteiger partial charge in [0.15, 0.2) is 0 Å². The molecule has 2 heterocycles. The van der Waals surface area contributed by atoms with Crippen LogP contribution >= 0.6 is 0 Å². The van der Waals surface area contributed by atoms with Crippen molar-refractivity contribution in [3.05, 3.63) is 36.0 Å². The predicted octanol–water partition coefficient (Wildman–Crippen LogP) is -3.05. The summed E-state index contributed by atoms with van der Waals surface area (Å²) in [6.45, 7) is 1.85. The normalized spacial score (nSPS) is 9.67. The summed E-state index contributed by atoms with van der Waals surface area (Å²) in [7, 11) is 1.43. The number of carbonyl (C=O) groups is 1. The first-order valence-electron chi connectivity index (χ1n) is 4.89. The van der Waals surface area contributed by atoms with Crippen molar-refractivity contribution < 1.29 is 44.2 Å². The Labute approximate surface area is 126 Å². The number of aryl methyl sites for hydroxylation is 1. The summed E-state index contributed by atoms with van der Waals surface area (Å²) in [5, 5.41) is 10.7. The number of carbonyl (C=O) groups excluding carboxylic acids is 1. The average Bonchev–Trinajstić information content (AvgIpc) is 2.74. The number of ether oxygens (including phenoxy) is 1. The van der Waals surface area contributed by atoms with Crippen LogP contribution in [0.2, 0.25) is 0 Å². The van der Waals surface area contributed by atoms with Crippen LogP contribution in [0.1, 0.15) is 16.2 Å². The van der Waals surface area contributed by atoms with Crippen molar-refractivity contribution in [3.8, 4) is 11.6 Å². The number of hydrogen-bond acceptors (Lipinski definition) is 5. The number of methoxy groups -OCH3 is 1. The summed E-state index contributed by atoms with van der Waals surface area (Å²) in [6, 6.07) is 2.96. The quantitative estimate of drug-likeness (QED) is 0.544. The third kappa shape index (κ3) is 2.90. The van der Waals surface area contributed by atoms with E-state index in [2.05, 4.69) is 9.97 Å². The Kier molecular flexibility index (Phi) is 4.89. The molecule has 0 aliphatic rings. The van der Waals surface area contributed by atoms with Crippen LogP contribution in [0.25, 0.3) is 5.69 Å². The van der Waals surface area contributed by atoms with E-state index in [1.807, 2.05) is 6.92 Å². The number of pyridine rings is 1. The van der Waals surface area contributed by atoms with E-state index in [-0.39, 0.29) is 41.1 Å². The zero-order chi connectivity index (χ0) is 12.4. The second kappa shape index (κ2) is 5.99. The van der Waals surface area contributed by atoms with Gasteiger partial charge in [0.25, 0.3) is 0 Å². The Morgan fingerprint density at radius 3 is 2.67 bits per heavy atom. The molecule has 2 aromatic rings. The maximum absolute atomic E-state index is 10.7. The van der Waals surface area contributed by atoms with E-state index < -0.39 is 5.97 Å². The number of hydrogen-bond donors (Lipinski definition) is 0. The van der Waals surface area contributed by atoms with Gasteiger partial charge in [-0.25, -0.2) is 9.97 Å².